The zero-order valence-corrected chi connectivity index (χ0v) is 17.3. The molecule has 7 heteroatoms. The lowest BCUT2D eigenvalue weighted by Gasteiger charge is -2.17. The van der Waals surface area contributed by atoms with E-state index in [1.54, 1.807) is 14.0 Å². The number of aromatic nitrogens is 2. The molecule has 3 aromatic rings. The summed E-state index contributed by atoms with van der Waals surface area (Å²) in [6, 6.07) is 11.4. The van der Waals surface area contributed by atoms with E-state index < -0.39 is 6.10 Å². The Hall–Kier alpha value is -3.35. The van der Waals surface area contributed by atoms with Gasteiger partial charge in [0.15, 0.2) is 6.10 Å². The minimum Gasteiger partial charge on any atom is -0.497 e. The second kappa shape index (κ2) is 8.77. The van der Waals surface area contributed by atoms with Crippen molar-refractivity contribution in [3.63, 3.8) is 0 Å². The molecular weight excluding hydrogens is 370 g/mol. The van der Waals surface area contributed by atoms with Crippen LogP contribution in [0.25, 0.3) is 11.4 Å². The van der Waals surface area contributed by atoms with E-state index in [4.69, 9.17) is 14.0 Å². The zero-order chi connectivity index (χ0) is 21.0. The number of rotatable bonds is 7. The number of carbonyl (C=O) groups is 1. The molecule has 29 heavy (non-hydrogen) atoms. The van der Waals surface area contributed by atoms with Crippen LogP contribution in [0.2, 0.25) is 0 Å². The van der Waals surface area contributed by atoms with Crippen molar-refractivity contribution in [1.29, 1.82) is 0 Å². The standard InChI is InChI=1S/C22H25N3O4/c1-13-9-14(2)15(3)19(10-13)28-16(4)22(26)23-12-20-24-21(25-29-20)17-7-6-8-18(11-17)27-5/h6-11,16H,12H2,1-5H3,(H,23,26)/t16-/m1/s1. The number of ether oxygens (including phenoxy) is 2. The molecule has 7 nitrogen and oxygen atoms in total. The van der Waals surface area contributed by atoms with Crippen LogP contribution >= 0.6 is 0 Å². The molecule has 0 aliphatic heterocycles. The molecule has 0 aliphatic carbocycles. The minimum atomic E-state index is -0.657. The number of aryl methyl sites for hydroxylation is 2. The van der Waals surface area contributed by atoms with Crippen LogP contribution in [0.4, 0.5) is 0 Å². The van der Waals surface area contributed by atoms with E-state index in [2.05, 4.69) is 21.5 Å². The van der Waals surface area contributed by atoms with Crippen molar-refractivity contribution in [2.24, 2.45) is 0 Å². The highest BCUT2D eigenvalue weighted by Gasteiger charge is 2.18. The van der Waals surface area contributed by atoms with Crippen LogP contribution in [0.3, 0.4) is 0 Å². The Morgan fingerprint density at radius 3 is 2.76 bits per heavy atom. The van der Waals surface area contributed by atoms with Gasteiger partial charge < -0.3 is 19.3 Å². The Balaban J connectivity index is 1.60. The topological polar surface area (TPSA) is 86.5 Å². The van der Waals surface area contributed by atoms with Crippen LogP contribution in [0.5, 0.6) is 11.5 Å². The summed E-state index contributed by atoms with van der Waals surface area (Å²) in [5.41, 5.74) is 4.01. The van der Waals surface area contributed by atoms with Gasteiger partial charge in [0.25, 0.3) is 5.91 Å². The average molecular weight is 395 g/mol. The fraction of sp³-hybridized carbons (Fsp3) is 0.318. The lowest BCUT2D eigenvalue weighted by atomic mass is 10.1. The normalized spacial score (nSPS) is 11.8. The quantitative estimate of drug-likeness (QED) is 0.656. The number of benzene rings is 2. The average Bonchev–Trinajstić information content (AvgIpc) is 3.19. The van der Waals surface area contributed by atoms with Crippen molar-refractivity contribution < 1.29 is 18.8 Å². The fourth-order valence-corrected chi connectivity index (χ4v) is 2.88. The third kappa shape index (κ3) is 4.93. The SMILES string of the molecule is COc1cccc(-c2noc(CNC(=O)[C@@H](C)Oc3cc(C)cc(C)c3C)n2)c1. The second-order valence-electron chi connectivity index (χ2n) is 6.93. The Morgan fingerprint density at radius 1 is 1.21 bits per heavy atom. The summed E-state index contributed by atoms with van der Waals surface area (Å²) >= 11 is 0. The van der Waals surface area contributed by atoms with Crippen LogP contribution in [-0.2, 0) is 11.3 Å². The van der Waals surface area contributed by atoms with E-state index in [1.165, 1.54) is 0 Å². The van der Waals surface area contributed by atoms with Crippen LogP contribution in [0.1, 0.15) is 29.5 Å². The summed E-state index contributed by atoms with van der Waals surface area (Å²) in [7, 11) is 1.60. The van der Waals surface area contributed by atoms with Gasteiger partial charge in [-0.1, -0.05) is 23.4 Å². The van der Waals surface area contributed by atoms with Gasteiger partial charge in [0.2, 0.25) is 11.7 Å². The van der Waals surface area contributed by atoms with Crippen molar-refractivity contribution in [1.82, 2.24) is 15.5 Å². The molecule has 0 bridgehead atoms. The van der Waals surface area contributed by atoms with Gasteiger partial charge in [-0.15, -0.1) is 0 Å². The largest absolute Gasteiger partial charge is 0.497 e. The molecule has 1 amide bonds. The Labute approximate surface area is 170 Å². The monoisotopic (exact) mass is 395 g/mol. The third-order valence-corrected chi connectivity index (χ3v) is 4.65. The molecule has 2 aromatic carbocycles. The molecule has 152 valence electrons. The molecule has 1 N–H and O–H groups in total. The first-order valence-electron chi connectivity index (χ1n) is 9.36. The lowest BCUT2D eigenvalue weighted by molar-refractivity contribution is -0.127. The number of nitrogens with zero attached hydrogens (tertiary/aromatic N) is 2. The summed E-state index contributed by atoms with van der Waals surface area (Å²) in [5, 5.41) is 6.73. The van der Waals surface area contributed by atoms with Gasteiger partial charge in [0.1, 0.15) is 11.5 Å². The lowest BCUT2D eigenvalue weighted by Crippen LogP contribution is -2.36. The summed E-state index contributed by atoms with van der Waals surface area (Å²) in [6.45, 7) is 7.83. The number of methoxy groups -OCH3 is 1. The number of amides is 1. The molecule has 1 heterocycles. The minimum absolute atomic E-state index is 0.120. The Kier molecular flexibility index (Phi) is 6.16. The van der Waals surface area contributed by atoms with Crippen LogP contribution in [0, 0.1) is 20.8 Å². The number of carbonyl (C=O) groups excluding carboxylic acids is 1. The Bertz CT molecular complexity index is 1010. The third-order valence-electron chi connectivity index (χ3n) is 4.65. The molecule has 0 saturated carbocycles. The van der Waals surface area contributed by atoms with Gasteiger partial charge in [-0.25, -0.2) is 0 Å². The highest BCUT2D eigenvalue weighted by Crippen LogP contribution is 2.24. The highest BCUT2D eigenvalue weighted by molar-refractivity contribution is 5.80. The fourth-order valence-electron chi connectivity index (χ4n) is 2.88. The molecule has 1 aromatic heterocycles. The number of nitrogens with one attached hydrogen (secondary N) is 1. The van der Waals surface area contributed by atoms with E-state index in [-0.39, 0.29) is 12.5 Å². The second-order valence-corrected chi connectivity index (χ2v) is 6.93. The van der Waals surface area contributed by atoms with Gasteiger partial charge in [0.05, 0.1) is 13.7 Å². The van der Waals surface area contributed by atoms with Gasteiger partial charge in [-0.3, -0.25) is 4.79 Å². The maximum Gasteiger partial charge on any atom is 0.261 e. The molecule has 0 aliphatic rings. The van der Waals surface area contributed by atoms with Crippen LogP contribution in [0.15, 0.2) is 40.9 Å². The first-order valence-corrected chi connectivity index (χ1v) is 9.36. The van der Waals surface area contributed by atoms with Gasteiger partial charge >= 0.3 is 0 Å². The molecule has 0 fully saturated rings. The predicted molar refractivity (Wildman–Crippen MR) is 109 cm³/mol. The van der Waals surface area contributed by atoms with Gasteiger partial charge in [0, 0.05) is 5.56 Å². The van der Waals surface area contributed by atoms with E-state index in [0.717, 1.165) is 22.3 Å². The summed E-state index contributed by atoms with van der Waals surface area (Å²) in [5.74, 6) is 1.90. The summed E-state index contributed by atoms with van der Waals surface area (Å²) in [4.78, 5) is 16.7. The zero-order valence-electron chi connectivity index (χ0n) is 17.3. The molecule has 0 radical (unpaired) electrons. The summed E-state index contributed by atoms with van der Waals surface area (Å²) < 4.78 is 16.3. The van der Waals surface area contributed by atoms with Crippen LogP contribution in [-0.4, -0.2) is 29.3 Å². The van der Waals surface area contributed by atoms with Gasteiger partial charge in [-0.05, 0) is 62.6 Å². The molecule has 0 saturated heterocycles. The highest BCUT2D eigenvalue weighted by atomic mass is 16.5. The molecule has 0 spiro atoms. The van der Waals surface area contributed by atoms with Gasteiger partial charge in [-0.2, -0.15) is 4.98 Å². The van der Waals surface area contributed by atoms with E-state index in [1.807, 2.05) is 51.1 Å². The first kappa shape index (κ1) is 20.4. The smallest absolute Gasteiger partial charge is 0.261 e. The van der Waals surface area contributed by atoms with Crippen molar-refractivity contribution in [3.8, 4) is 22.9 Å². The van der Waals surface area contributed by atoms with Crippen LogP contribution < -0.4 is 14.8 Å². The Morgan fingerprint density at radius 2 is 2.00 bits per heavy atom. The van der Waals surface area contributed by atoms with E-state index in [9.17, 15) is 4.79 Å². The number of hydrogen-bond donors (Lipinski definition) is 1. The molecule has 3 rings (SSSR count). The number of hydrogen-bond acceptors (Lipinski definition) is 6. The molecule has 0 unspecified atom stereocenters. The van der Waals surface area contributed by atoms with E-state index >= 15 is 0 Å². The molecule has 1 atom stereocenters. The van der Waals surface area contributed by atoms with Crippen molar-refractivity contribution in [2.75, 3.05) is 7.11 Å². The van der Waals surface area contributed by atoms with Crippen molar-refractivity contribution in [3.05, 3.63) is 59.0 Å². The maximum atomic E-state index is 12.4. The molecular formula is C22H25N3O4. The summed E-state index contributed by atoms with van der Waals surface area (Å²) in [6.07, 6.45) is -0.657. The first-order chi connectivity index (χ1) is 13.9. The van der Waals surface area contributed by atoms with Crippen molar-refractivity contribution >= 4 is 5.91 Å². The van der Waals surface area contributed by atoms with Crippen molar-refractivity contribution in [2.45, 2.75) is 40.3 Å². The van der Waals surface area contributed by atoms with E-state index in [0.29, 0.717) is 23.2 Å². The predicted octanol–water partition coefficient (Wildman–Crippen LogP) is 3.75. The maximum absolute atomic E-state index is 12.4.